The molecule has 0 saturated carbocycles. The third kappa shape index (κ3) is 4.15. The molecule has 1 aromatic rings. The molecule has 0 saturated heterocycles. The van der Waals surface area contributed by atoms with E-state index in [-0.39, 0.29) is 0 Å². The van der Waals surface area contributed by atoms with Crippen molar-refractivity contribution in [3.8, 4) is 0 Å². The second-order valence-corrected chi connectivity index (χ2v) is 6.21. The summed E-state index contributed by atoms with van der Waals surface area (Å²) in [5.41, 5.74) is 0.132. The molecule has 2 unspecified atom stereocenters. The molecule has 0 fully saturated rings. The van der Waals surface area contributed by atoms with E-state index in [1.165, 1.54) is 6.20 Å². The SMILES string of the molecule is CC(C)(C)C(C(=O)OS(=O)[O-])c1ccc(Br)nc1. The van der Waals surface area contributed by atoms with Crippen LogP contribution in [0.2, 0.25) is 0 Å². The number of nitrogens with zero attached hydrogens (tertiary/aromatic N) is 1. The standard InChI is InChI=1S/C11H14BrNO4S/c1-11(2,3)9(10(14)17-18(15)16)7-4-5-8(12)13-6-7/h4-6,9H,1-3H3,(H,15,16)/p-1. The number of rotatable bonds is 3. The Morgan fingerprint density at radius 3 is 2.50 bits per heavy atom. The predicted octanol–water partition coefficient (Wildman–Crippen LogP) is 2.31. The Labute approximate surface area is 117 Å². The number of pyridine rings is 1. The quantitative estimate of drug-likeness (QED) is 0.626. The molecule has 0 aliphatic rings. The summed E-state index contributed by atoms with van der Waals surface area (Å²) in [7, 11) is 0. The Hall–Kier alpha value is -0.790. The average Bonchev–Trinajstić information content (AvgIpc) is 2.18. The number of carbonyl (C=O) groups excluding carboxylic acids is 1. The summed E-state index contributed by atoms with van der Waals surface area (Å²) in [5.74, 6) is -1.50. The van der Waals surface area contributed by atoms with Gasteiger partial charge in [-0.05, 0) is 33.0 Å². The number of hydrogen-bond acceptors (Lipinski definition) is 5. The van der Waals surface area contributed by atoms with Gasteiger partial charge < -0.3 is 8.74 Å². The van der Waals surface area contributed by atoms with Crippen LogP contribution in [0.15, 0.2) is 22.9 Å². The van der Waals surface area contributed by atoms with Crippen molar-refractivity contribution in [3.63, 3.8) is 0 Å². The van der Waals surface area contributed by atoms with Crippen molar-refractivity contribution in [2.75, 3.05) is 0 Å². The third-order valence-corrected chi connectivity index (χ3v) is 3.10. The monoisotopic (exact) mass is 334 g/mol. The van der Waals surface area contributed by atoms with Gasteiger partial charge in [-0.15, -0.1) is 0 Å². The van der Waals surface area contributed by atoms with Crippen LogP contribution in [0.5, 0.6) is 0 Å². The van der Waals surface area contributed by atoms with E-state index in [4.69, 9.17) is 0 Å². The summed E-state index contributed by atoms with van der Waals surface area (Å²) in [5, 5.41) is 0. The fourth-order valence-corrected chi connectivity index (χ4v) is 2.13. The largest absolute Gasteiger partial charge is 0.740 e. The van der Waals surface area contributed by atoms with Crippen molar-refractivity contribution in [2.24, 2.45) is 5.41 Å². The first-order chi connectivity index (χ1) is 8.21. The summed E-state index contributed by atoms with van der Waals surface area (Å²) in [6.07, 6.45) is 1.52. The van der Waals surface area contributed by atoms with Crippen LogP contribution in [0.4, 0.5) is 0 Å². The van der Waals surface area contributed by atoms with E-state index >= 15 is 0 Å². The van der Waals surface area contributed by atoms with Gasteiger partial charge in [0.05, 0.1) is 5.92 Å². The van der Waals surface area contributed by atoms with E-state index < -0.39 is 28.7 Å². The molecule has 1 rings (SSSR count). The predicted molar refractivity (Wildman–Crippen MR) is 69.1 cm³/mol. The van der Waals surface area contributed by atoms with Crippen molar-refractivity contribution in [1.82, 2.24) is 4.98 Å². The minimum Gasteiger partial charge on any atom is -0.740 e. The van der Waals surface area contributed by atoms with Crippen molar-refractivity contribution >= 4 is 33.3 Å². The lowest BCUT2D eigenvalue weighted by Gasteiger charge is -2.28. The molecule has 0 N–H and O–H groups in total. The van der Waals surface area contributed by atoms with Gasteiger partial charge in [-0.2, -0.15) is 0 Å². The molecule has 0 bridgehead atoms. The zero-order valence-electron chi connectivity index (χ0n) is 10.2. The molecule has 0 aromatic carbocycles. The Bertz CT molecular complexity index is 455. The smallest absolute Gasteiger partial charge is 0.327 e. The van der Waals surface area contributed by atoms with Crippen LogP contribution in [0, 0.1) is 5.41 Å². The Kier molecular flexibility index (Phi) is 5.01. The molecule has 0 amide bonds. The van der Waals surface area contributed by atoms with Gasteiger partial charge in [-0.25, -0.2) is 9.19 Å². The highest BCUT2D eigenvalue weighted by Gasteiger charge is 2.34. The summed E-state index contributed by atoms with van der Waals surface area (Å²) in [6, 6.07) is 3.40. The average molecular weight is 335 g/mol. The number of carbonyl (C=O) groups is 1. The summed E-state index contributed by atoms with van der Waals surface area (Å²) >= 11 is 0.338. The molecular weight excluding hydrogens is 322 g/mol. The summed E-state index contributed by atoms with van der Waals surface area (Å²) < 4.78 is 25.8. The van der Waals surface area contributed by atoms with Gasteiger partial charge in [0.15, 0.2) is 0 Å². The van der Waals surface area contributed by atoms with Gasteiger partial charge in [0, 0.05) is 6.20 Å². The second kappa shape index (κ2) is 5.90. The van der Waals surface area contributed by atoms with E-state index in [2.05, 4.69) is 25.1 Å². The van der Waals surface area contributed by atoms with Crippen LogP contribution >= 0.6 is 15.9 Å². The van der Waals surface area contributed by atoms with Gasteiger partial charge in [0.2, 0.25) is 0 Å². The van der Waals surface area contributed by atoms with Crippen LogP contribution < -0.4 is 0 Å². The molecule has 100 valence electrons. The number of halogens is 1. The highest BCUT2D eigenvalue weighted by atomic mass is 79.9. The molecule has 0 aliphatic carbocycles. The van der Waals surface area contributed by atoms with E-state index in [1.54, 1.807) is 12.1 Å². The first kappa shape index (κ1) is 15.3. The molecule has 18 heavy (non-hydrogen) atoms. The van der Waals surface area contributed by atoms with Gasteiger partial charge in [0.25, 0.3) is 0 Å². The van der Waals surface area contributed by atoms with Crippen LogP contribution in [-0.2, 0) is 20.3 Å². The van der Waals surface area contributed by atoms with Gasteiger partial charge >= 0.3 is 5.97 Å². The minimum absolute atomic E-state index is 0.480. The molecule has 0 aliphatic heterocycles. The van der Waals surface area contributed by atoms with Crippen LogP contribution in [-0.4, -0.2) is 19.7 Å². The van der Waals surface area contributed by atoms with Crippen molar-refractivity contribution in [1.29, 1.82) is 0 Å². The highest BCUT2D eigenvalue weighted by Crippen LogP contribution is 2.36. The van der Waals surface area contributed by atoms with Gasteiger partial charge in [-0.1, -0.05) is 26.8 Å². The topological polar surface area (TPSA) is 79.3 Å². The van der Waals surface area contributed by atoms with Gasteiger partial charge in [-0.3, -0.25) is 4.79 Å². The van der Waals surface area contributed by atoms with Crippen molar-refractivity contribution in [2.45, 2.75) is 26.7 Å². The van der Waals surface area contributed by atoms with Crippen LogP contribution in [0.25, 0.3) is 0 Å². The molecule has 0 radical (unpaired) electrons. The molecular formula is C11H13BrNO4S-. The Balaban J connectivity index is 3.10. The maximum Gasteiger partial charge on any atom is 0.327 e. The highest BCUT2D eigenvalue weighted by molar-refractivity contribution is 9.10. The summed E-state index contributed by atoms with van der Waals surface area (Å²) in [6.45, 7) is 5.48. The normalized spacial score (nSPS) is 14.9. The van der Waals surface area contributed by atoms with Crippen molar-refractivity contribution < 1.29 is 17.7 Å². The molecule has 1 heterocycles. The molecule has 5 nitrogen and oxygen atoms in total. The fraction of sp³-hybridized carbons (Fsp3) is 0.455. The first-order valence-corrected chi connectivity index (χ1v) is 6.94. The molecule has 1 aromatic heterocycles. The Morgan fingerprint density at radius 1 is 1.50 bits per heavy atom. The third-order valence-electron chi connectivity index (χ3n) is 2.34. The maximum absolute atomic E-state index is 11.8. The van der Waals surface area contributed by atoms with Crippen LogP contribution in [0.1, 0.15) is 32.3 Å². The Morgan fingerprint density at radius 2 is 2.11 bits per heavy atom. The van der Waals surface area contributed by atoms with Gasteiger partial charge in [0.1, 0.15) is 16.0 Å². The maximum atomic E-state index is 11.8. The zero-order valence-corrected chi connectivity index (χ0v) is 12.6. The van der Waals surface area contributed by atoms with E-state index in [0.717, 1.165) is 0 Å². The fourth-order valence-electron chi connectivity index (χ4n) is 1.66. The molecule has 7 heteroatoms. The lowest BCUT2D eigenvalue weighted by molar-refractivity contribution is -0.138. The number of aromatic nitrogens is 1. The minimum atomic E-state index is -2.86. The zero-order chi connectivity index (χ0) is 13.9. The lowest BCUT2D eigenvalue weighted by atomic mass is 9.77. The molecule has 0 spiro atoms. The summed E-state index contributed by atoms with van der Waals surface area (Å²) in [4.78, 5) is 15.9. The van der Waals surface area contributed by atoms with E-state index in [0.29, 0.717) is 10.2 Å². The van der Waals surface area contributed by atoms with Crippen molar-refractivity contribution in [3.05, 3.63) is 28.5 Å². The molecule has 2 atom stereocenters. The van der Waals surface area contributed by atoms with E-state index in [1.807, 2.05) is 20.8 Å². The number of hydrogen-bond donors (Lipinski definition) is 0. The first-order valence-electron chi connectivity index (χ1n) is 5.14. The second-order valence-electron chi connectivity index (χ2n) is 4.82. The lowest BCUT2D eigenvalue weighted by Crippen LogP contribution is -2.28. The van der Waals surface area contributed by atoms with Crippen LogP contribution in [0.3, 0.4) is 0 Å². The van der Waals surface area contributed by atoms with E-state index in [9.17, 15) is 13.6 Å².